The van der Waals surface area contributed by atoms with Crippen LogP contribution < -0.4 is 4.74 Å². The average Bonchev–Trinajstić information content (AvgIpc) is 2.04. The molecule has 0 aliphatic rings. The van der Waals surface area contributed by atoms with Crippen molar-refractivity contribution in [2.24, 2.45) is 0 Å². The van der Waals surface area contributed by atoms with Gasteiger partial charge in [-0.25, -0.2) is 0 Å². The van der Waals surface area contributed by atoms with Crippen molar-refractivity contribution in [3.8, 4) is 5.75 Å². The Hall–Kier alpha value is -1.02. The first-order valence-electron chi connectivity index (χ1n) is 4.47. The smallest absolute Gasteiger partial charge is 0.120 e. The third-order valence-corrected chi connectivity index (χ3v) is 1.58. The number of rotatable bonds is 4. The predicted octanol–water partition coefficient (Wildman–Crippen LogP) is 2.62. The Morgan fingerprint density at radius 1 is 1.31 bits per heavy atom. The molecule has 0 heterocycles. The van der Waals surface area contributed by atoms with E-state index in [4.69, 9.17) is 9.47 Å². The topological polar surface area (TPSA) is 18.5 Å². The maximum absolute atomic E-state index is 5.55. The van der Waals surface area contributed by atoms with Crippen molar-refractivity contribution in [3.63, 3.8) is 0 Å². The fraction of sp³-hybridized carbons (Fsp3) is 0.455. The Morgan fingerprint density at radius 3 is 2.69 bits per heavy atom. The van der Waals surface area contributed by atoms with E-state index >= 15 is 0 Å². The summed E-state index contributed by atoms with van der Waals surface area (Å²) < 4.78 is 10.6. The second-order valence-electron chi connectivity index (χ2n) is 3.25. The minimum atomic E-state index is 0.220. The summed E-state index contributed by atoms with van der Waals surface area (Å²) in [5.74, 6) is 0.907. The van der Waals surface area contributed by atoms with Gasteiger partial charge >= 0.3 is 0 Å². The van der Waals surface area contributed by atoms with Crippen molar-refractivity contribution in [1.29, 1.82) is 0 Å². The number of benzene rings is 1. The summed E-state index contributed by atoms with van der Waals surface area (Å²) in [4.78, 5) is 0. The molecule has 0 unspecified atom stereocenters. The third-order valence-electron chi connectivity index (χ3n) is 1.58. The lowest BCUT2D eigenvalue weighted by Gasteiger charge is -2.10. The molecular formula is C11H16O2. The number of hydrogen-bond donors (Lipinski definition) is 0. The van der Waals surface area contributed by atoms with Gasteiger partial charge in [0.15, 0.2) is 0 Å². The van der Waals surface area contributed by atoms with Crippen LogP contribution in [0, 0.1) is 0 Å². The SMILES string of the molecule is COCc1cccc(OC(C)C)c1. The maximum atomic E-state index is 5.55. The van der Waals surface area contributed by atoms with E-state index in [-0.39, 0.29) is 6.10 Å². The molecule has 13 heavy (non-hydrogen) atoms. The van der Waals surface area contributed by atoms with Crippen LogP contribution in [-0.2, 0) is 11.3 Å². The second-order valence-corrected chi connectivity index (χ2v) is 3.25. The molecule has 1 rings (SSSR count). The molecule has 0 radical (unpaired) electrons. The Balaban J connectivity index is 2.67. The van der Waals surface area contributed by atoms with E-state index in [0.717, 1.165) is 11.3 Å². The van der Waals surface area contributed by atoms with E-state index < -0.39 is 0 Å². The van der Waals surface area contributed by atoms with Crippen LogP contribution in [0.15, 0.2) is 24.3 Å². The van der Waals surface area contributed by atoms with E-state index in [1.165, 1.54) is 0 Å². The molecule has 0 atom stereocenters. The maximum Gasteiger partial charge on any atom is 0.120 e. The van der Waals surface area contributed by atoms with Crippen molar-refractivity contribution >= 4 is 0 Å². The molecule has 0 spiro atoms. The quantitative estimate of drug-likeness (QED) is 0.709. The van der Waals surface area contributed by atoms with Gasteiger partial charge in [0.25, 0.3) is 0 Å². The first-order chi connectivity index (χ1) is 6.22. The predicted molar refractivity (Wildman–Crippen MR) is 52.9 cm³/mol. The Morgan fingerprint density at radius 2 is 2.08 bits per heavy atom. The number of methoxy groups -OCH3 is 1. The van der Waals surface area contributed by atoms with Gasteiger partial charge in [-0.3, -0.25) is 0 Å². The number of hydrogen-bond acceptors (Lipinski definition) is 2. The average molecular weight is 180 g/mol. The van der Waals surface area contributed by atoms with E-state index in [1.807, 2.05) is 38.1 Å². The molecule has 0 aromatic heterocycles. The Kier molecular flexibility index (Phi) is 3.77. The van der Waals surface area contributed by atoms with Crippen LogP contribution in [-0.4, -0.2) is 13.2 Å². The van der Waals surface area contributed by atoms with Gasteiger partial charge in [0.1, 0.15) is 5.75 Å². The third kappa shape index (κ3) is 3.47. The molecule has 0 N–H and O–H groups in total. The largest absolute Gasteiger partial charge is 0.491 e. The van der Waals surface area contributed by atoms with Gasteiger partial charge in [0, 0.05) is 7.11 Å². The zero-order valence-electron chi connectivity index (χ0n) is 8.41. The summed E-state index contributed by atoms with van der Waals surface area (Å²) in [6.45, 7) is 4.67. The Bertz CT molecular complexity index is 256. The van der Waals surface area contributed by atoms with Crippen molar-refractivity contribution in [3.05, 3.63) is 29.8 Å². The zero-order valence-corrected chi connectivity index (χ0v) is 8.41. The van der Waals surface area contributed by atoms with Crippen LogP contribution in [0.5, 0.6) is 5.75 Å². The molecule has 0 aliphatic carbocycles. The lowest BCUT2D eigenvalue weighted by molar-refractivity contribution is 0.184. The fourth-order valence-corrected chi connectivity index (χ4v) is 1.15. The summed E-state index contributed by atoms with van der Waals surface area (Å²) >= 11 is 0. The molecule has 1 aromatic carbocycles. The van der Waals surface area contributed by atoms with Crippen molar-refractivity contribution in [2.45, 2.75) is 26.6 Å². The van der Waals surface area contributed by atoms with Gasteiger partial charge in [-0.2, -0.15) is 0 Å². The lowest BCUT2D eigenvalue weighted by Crippen LogP contribution is -2.05. The van der Waals surface area contributed by atoms with Crippen LogP contribution in [0.3, 0.4) is 0 Å². The molecule has 2 nitrogen and oxygen atoms in total. The molecule has 2 heteroatoms. The van der Waals surface area contributed by atoms with E-state index in [0.29, 0.717) is 6.61 Å². The molecular weight excluding hydrogens is 164 g/mol. The highest BCUT2D eigenvalue weighted by Gasteiger charge is 1.98. The molecule has 0 saturated heterocycles. The molecule has 1 aromatic rings. The van der Waals surface area contributed by atoms with Gasteiger partial charge in [-0.15, -0.1) is 0 Å². The molecule has 0 amide bonds. The highest BCUT2D eigenvalue weighted by Crippen LogP contribution is 2.15. The molecule has 72 valence electrons. The summed E-state index contributed by atoms with van der Waals surface area (Å²) in [5.41, 5.74) is 1.14. The van der Waals surface area contributed by atoms with E-state index in [2.05, 4.69) is 0 Å². The minimum Gasteiger partial charge on any atom is -0.491 e. The first-order valence-corrected chi connectivity index (χ1v) is 4.47. The van der Waals surface area contributed by atoms with Crippen LogP contribution in [0.1, 0.15) is 19.4 Å². The standard InChI is InChI=1S/C11H16O2/c1-9(2)13-11-6-4-5-10(7-11)8-12-3/h4-7,9H,8H2,1-3H3. The summed E-state index contributed by atoms with van der Waals surface area (Å²) in [6, 6.07) is 7.96. The molecule has 0 fully saturated rings. The van der Waals surface area contributed by atoms with Gasteiger partial charge in [0.05, 0.1) is 12.7 Å². The minimum absolute atomic E-state index is 0.220. The highest BCUT2D eigenvalue weighted by atomic mass is 16.5. The second kappa shape index (κ2) is 4.87. The van der Waals surface area contributed by atoms with Gasteiger partial charge in [-0.1, -0.05) is 12.1 Å². The van der Waals surface area contributed by atoms with Crippen LogP contribution in [0.25, 0.3) is 0 Å². The molecule has 0 saturated carbocycles. The van der Waals surface area contributed by atoms with Crippen molar-refractivity contribution < 1.29 is 9.47 Å². The van der Waals surface area contributed by atoms with Crippen molar-refractivity contribution in [2.75, 3.05) is 7.11 Å². The monoisotopic (exact) mass is 180 g/mol. The number of ether oxygens (including phenoxy) is 2. The fourth-order valence-electron chi connectivity index (χ4n) is 1.15. The van der Waals surface area contributed by atoms with Crippen LogP contribution >= 0.6 is 0 Å². The first kappa shape index (κ1) is 10.1. The lowest BCUT2D eigenvalue weighted by atomic mass is 10.2. The zero-order chi connectivity index (χ0) is 9.68. The normalized spacial score (nSPS) is 10.5. The molecule has 0 aliphatic heterocycles. The van der Waals surface area contributed by atoms with E-state index in [1.54, 1.807) is 7.11 Å². The van der Waals surface area contributed by atoms with Gasteiger partial charge in [-0.05, 0) is 31.5 Å². The van der Waals surface area contributed by atoms with Crippen molar-refractivity contribution in [1.82, 2.24) is 0 Å². The summed E-state index contributed by atoms with van der Waals surface area (Å²) in [5, 5.41) is 0. The van der Waals surface area contributed by atoms with Crippen LogP contribution in [0.4, 0.5) is 0 Å². The summed E-state index contributed by atoms with van der Waals surface area (Å²) in [6.07, 6.45) is 0.220. The van der Waals surface area contributed by atoms with Gasteiger partial charge < -0.3 is 9.47 Å². The van der Waals surface area contributed by atoms with E-state index in [9.17, 15) is 0 Å². The Labute approximate surface area is 79.5 Å². The molecule has 0 bridgehead atoms. The van der Waals surface area contributed by atoms with Gasteiger partial charge in [0.2, 0.25) is 0 Å². The summed E-state index contributed by atoms with van der Waals surface area (Å²) in [7, 11) is 1.69. The highest BCUT2D eigenvalue weighted by molar-refractivity contribution is 5.28. The van der Waals surface area contributed by atoms with Crippen LogP contribution in [0.2, 0.25) is 0 Å².